The van der Waals surface area contributed by atoms with E-state index in [-0.39, 0.29) is 0 Å². The average molecular weight is 183 g/mol. The molecular weight excluding hydrogens is 166 g/mol. The Hall–Kier alpha value is -0.870. The monoisotopic (exact) mass is 183 g/mol. The average Bonchev–Trinajstić information content (AvgIpc) is 2.48. The molecule has 1 aromatic rings. The number of nitrogens with zero attached hydrogens (tertiary/aromatic N) is 2. The van der Waals surface area contributed by atoms with Gasteiger partial charge in [0, 0.05) is 19.2 Å². The summed E-state index contributed by atoms with van der Waals surface area (Å²) in [6.07, 6.45) is 4.73. The van der Waals surface area contributed by atoms with Gasteiger partial charge in [0.15, 0.2) is 0 Å². The summed E-state index contributed by atoms with van der Waals surface area (Å²) in [7, 11) is 0. The molecule has 0 saturated heterocycles. The van der Waals surface area contributed by atoms with Gasteiger partial charge in [0.1, 0.15) is 0 Å². The first kappa shape index (κ1) is 10.2. The van der Waals surface area contributed by atoms with E-state index in [9.17, 15) is 0 Å². The highest BCUT2D eigenvalue weighted by Crippen LogP contribution is 2.02. The smallest absolute Gasteiger partial charge is 0.0720 e. The van der Waals surface area contributed by atoms with Crippen LogP contribution >= 0.6 is 0 Å². The molecule has 4 heteroatoms. The molecule has 1 aromatic heterocycles. The number of rotatable bonds is 5. The lowest BCUT2D eigenvalue weighted by Gasteiger charge is -2.03. The van der Waals surface area contributed by atoms with Gasteiger partial charge >= 0.3 is 0 Å². The molecule has 0 radical (unpaired) electrons. The molecule has 2 N–H and O–H groups in total. The lowest BCUT2D eigenvalue weighted by molar-refractivity contribution is 0.141. The largest absolute Gasteiger partial charge is 0.304 e. The van der Waals surface area contributed by atoms with Crippen molar-refractivity contribution in [2.24, 2.45) is 11.8 Å². The first-order valence-corrected chi connectivity index (χ1v) is 4.55. The molecule has 0 unspecified atom stereocenters. The van der Waals surface area contributed by atoms with E-state index in [1.54, 1.807) is 0 Å². The van der Waals surface area contributed by atoms with Crippen LogP contribution in [-0.4, -0.2) is 16.4 Å². The van der Waals surface area contributed by atoms with E-state index in [1.807, 2.05) is 17.1 Å². The fourth-order valence-electron chi connectivity index (χ4n) is 1.19. The minimum absolute atomic E-state index is 0.549. The summed E-state index contributed by atoms with van der Waals surface area (Å²) >= 11 is 0. The Bertz CT molecular complexity index is 245. The lowest BCUT2D eigenvalue weighted by Crippen LogP contribution is -2.05. The van der Waals surface area contributed by atoms with Gasteiger partial charge in [0.05, 0.1) is 12.8 Å². The van der Waals surface area contributed by atoms with Gasteiger partial charge in [-0.1, -0.05) is 13.8 Å². The van der Waals surface area contributed by atoms with Crippen molar-refractivity contribution in [1.29, 1.82) is 0 Å². The van der Waals surface area contributed by atoms with Crippen LogP contribution in [0.3, 0.4) is 0 Å². The van der Waals surface area contributed by atoms with Crippen LogP contribution in [0.25, 0.3) is 0 Å². The van der Waals surface area contributed by atoms with Crippen LogP contribution in [0.15, 0.2) is 12.4 Å². The van der Waals surface area contributed by atoms with Crippen LogP contribution < -0.4 is 5.90 Å². The van der Waals surface area contributed by atoms with Crippen molar-refractivity contribution < 1.29 is 4.84 Å². The Morgan fingerprint density at radius 2 is 2.38 bits per heavy atom. The maximum atomic E-state index is 4.94. The lowest BCUT2D eigenvalue weighted by atomic mass is 10.2. The molecule has 0 aliphatic heterocycles. The van der Waals surface area contributed by atoms with E-state index in [0.717, 1.165) is 13.0 Å². The molecule has 0 aromatic carbocycles. The molecule has 0 aliphatic carbocycles. The van der Waals surface area contributed by atoms with Gasteiger partial charge in [-0.2, -0.15) is 5.10 Å². The van der Waals surface area contributed by atoms with Crippen molar-refractivity contribution in [2.75, 3.05) is 6.61 Å². The molecule has 0 bridgehead atoms. The summed E-state index contributed by atoms with van der Waals surface area (Å²) in [4.78, 5) is 4.50. The second-order valence-corrected chi connectivity index (χ2v) is 3.59. The molecular formula is C9H17N3O. The topological polar surface area (TPSA) is 53.1 Å². The Morgan fingerprint density at radius 1 is 1.62 bits per heavy atom. The van der Waals surface area contributed by atoms with E-state index in [0.29, 0.717) is 12.5 Å². The zero-order chi connectivity index (χ0) is 9.68. The summed E-state index contributed by atoms with van der Waals surface area (Å²) in [5, 5.41) is 4.23. The zero-order valence-corrected chi connectivity index (χ0v) is 8.23. The first-order chi connectivity index (χ1) is 6.22. The summed E-state index contributed by atoms with van der Waals surface area (Å²) in [5.41, 5.74) is 1.17. The van der Waals surface area contributed by atoms with Crippen LogP contribution in [0.1, 0.15) is 19.4 Å². The number of hydrogen-bond donors (Lipinski definition) is 1. The highest BCUT2D eigenvalue weighted by Gasteiger charge is 2.00. The third-order valence-corrected chi connectivity index (χ3v) is 1.75. The standard InChI is InChI=1S/C9H17N3O/c1-8(2)6-12-7-9(5-11-12)3-4-13-10/h5,7-8H,3-4,6,10H2,1-2H3. The van der Waals surface area contributed by atoms with Gasteiger partial charge in [-0.3, -0.25) is 4.68 Å². The Balaban J connectivity index is 2.44. The number of nitrogens with two attached hydrogens (primary N) is 1. The number of aromatic nitrogens is 2. The molecule has 13 heavy (non-hydrogen) atoms. The third-order valence-electron chi connectivity index (χ3n) is 1.75. The molecule has 1 heterocycles. The molecule has 0 atom stereocenters. The van der Waals surface area contributed by atoms with Gasteiger partial charge in [-0.05, 0) is 11.5 Å². The van der Waals surface area contributed by atoms with Crippen LogP contribution in [-0.2, 0) is 17.8 Å². The maximum Gasteiger partial charge on any atom is 0.0720 e. The molecule has 1 rings (SSSR count). The van der Waals surface area contributed by atoms with Crippen LogP contribution in [0, 0.1) is 5.92 Å². The quantitative estimate of drug-likeness (QED) is 0.692. The second-order valence-electron chi connectivity index (χ2n) is 3.59. The van der Waals surface area contributed by atoms with Crippen LogP contribution in [0.2, 0.25) is 0 Å². The molecule has 0 amide bonds. The maximum absolute atomic E-state index is 4.94. The minimum atomic E-state index is 0.549. The fraction of sp³-hybridized carbons (Fsp3) is 0.667. The van der Waals surface area contributed by atoms with E-state index < -0.39 is 0 Å². The van der Waals surface area contributed by atoms with Gasteiger partial charge in [0.2, 0.25) is 0 Å². The van der Waals surface area contributed by atoms with E-state index >= 15 is 0 Å². The summed E-state index contributed by atoms with van der Waals surface area (Å²) in [6, 6.07) is 0. The second kappa shape index (κ2) is 4.99. The fourth-order valence-corrected chi connectivity index (χ4v) is 1.19. The van der Waals surface area contributed by atoms with Gasteiger partial charge in [-0.25, -0.2) is 5.90 Å². The highest BCUT2D eigenvalue weighted by molar-refractivity contribution is 5.03. The van der Waals surface area contributed by atoms with Crippen LogP contribution in [0.4, 0.5) is 0 Å². The van der Waals surface area contributed by atoms with Crippen molar-refractivity contribution in [1.82, 2.24) is 9.78 Å². The van der Waals surface area contributed by atoms with Crippen molar-refractivity contribution in [3.8, 4) is 0 Å². The Kier molecular flexibility index (Phi) is 3.92. The predicted octanol–water partition coefficient (Wildman–Crippen LogP) is 0.972. The van der Waals surface area contributed by atoms with Gasteiger partial charge in [0.25, 0.3) is 0 Å². The Morgan fingerprint density at radius 3 is 3.00 bits per heavy atom. The van der Waals surface area contributed by atoms with Crippen molar-refractivity contribution in [2.45, 2.75) is 26.8 Å². The summed E-state index contributed by atoms with van der Waals surface area (Å²) in [5.74, 6) is 5.56. The third kappa shape index (κ3) is 3.57. The molecule has 0 saturated carbocycles. The van der Waals surface area contributed by atoms with Crippen molar-refractivity contribution in [3.05, 3.63) is 18.0 Å². The SMILES string of the molecule is CC(C)Cn1cc(CCON)cn1. The van der Waals surface area contributed by atoms with E-state index in [2.05, 4.69) is 23.8 Å². The molecule has 74 valence electrons. The van der Waals surface area contributed by atoms with Crippen LogP contribution in [0.5, 0.6) is 0 Å². The van der Waals surface area contributed by atoms with E-state index in [1.165, 1.54) is 5.56 Å². The first-order valence-electron chi connectivity index (χ1n) is 4.55. The van der Waals surface area contributed by atoms with Gasteiger partial charge < -0.3 is 4.84 Å². The predicted molar refractivity (Wildman–Crippen MR) is 50.9 cm³/mol. The number of hydrogen-bond acceptors (Lipinski definition) is 3. The highest BCUT2D eigenvalue weighted by atomic mass is 16.6. The van der Waals surface area contributed by atoms with Gasteiger partial charge in [-0.15, -0.1) is 0 Å². The van der Waals surface area contributed by atoms with Crippen molar-refractivity contribution >= 4 is 0 Å². The normalized spacial score (nSPS) is 11.1. The van der Waals surface area contributed by atoms with Crippen molar-refractivity contribution in [3.63, 3.8) is 0 Å². The molecule has 0 spiro atoms. The Labute approximate surface area is 78.6 Å². The summed E-state index contributed by atoms with van der Waals surface area (Å²) in [6.45, 7) is 5.85. The summed E-state index contributed by atoms with van der Waals surface area (Å²) < 4.78 is 1.95. The minimum Gasteiger partial charge on any atom is -0.304 e. The molecule has 0 fully saturated rings. The molecule has 4 nitrogen and oxygen atoms in total. The zero-order valence-electron chi connectivity index (χ0n) is 8.23. The van der Waals surface area contributed by atoms with E-state index in [4.69, 9.17) is 5.90 Å². The molecule has 0 aliphatic rings.